The Morgan fingerprint density at radius 1 is 1.23 bits per heavy atom. The van der Waals surface area contributed by atoms with Crippen LogP contribution in [-0.2, 0) is 17.8 Å². The fraction of sp³-hybridized carbons (Fsp3) is 0.467. The van der Waals surface area contributed by atoms with E-state index in [1.54, 1.807) is 24.3 Å². The van der Waals surface area contributed by atoms with Crippen LogP contribution in [0.25, 0.3) is 0 Å². The van der Waals surface area contributed by atoms with Gasteiger partial charge in [0.05, 0.1) is 6.54 Å². The summed E-state index contributed by atoms with van der Waals surface area (Å²) in [5, 5.41) is 11.2. The molecule has 5 nitrogen and oxygen atoms in total. The Balaban J connectivity index is 1.79. The molecule has 0 bridgehead atoms. The SMILES string of the molecule is O=C(O)CCc1ccc(CNC(=O)N2CCC(F)(F)C2)cc1. The quantitative estimate of drug-likeness (QED) is 0.876. The minimum Gasteiger partial charge on any atom is -0.481 e. The molecule has 1 aromatic carbocycles. The maximum Gasteiger partial charge on any atom is 0.317 e. The van der Waals surface area contributed by atoms with Crippen LogP contribution in [-0.4, -0.2) is 41.0 Å². The van der Waals surface area contributed by atoms with Gasteiger partial charge in [0.15, 0.2) is 0 Å². The van der Waals surface area contributed by atoms with E-state index in [-0.39, 0.29) is 25.9 Å². The maximum atomic E-state index is 13.0. The van der Waals surface area contributed by atoms with Crippen molar-refractivity contribution in [2.24, 2.45) is 0 Å². The van der Waals surface area contributed by atoms with Crippen molar-refractivity contribution in [3.05, 3.63) is 35.4 Å². The molecule has 2 rings (SSSR count). The average molecular weight is 312 g/mol. The molecule has 1 aliphatic heterocycles. The zero-order valence-electron chi connectivity index (χ0n) is 12.0. The first kappa shape index (κ1) is 16.2. The lowest BCUT2D eigenvalue weighted by Crippen LogP contribution is -2.39. The first-order chi connectivity index (χ1) is 10.4. The van der Waals surface area contributed by atoms with Crippen LogP contribution in [0.15, 0.2) is 24.3 Å². The van der Waals surface area contributed by atoms with E-state index in [1.165, 1.54) is 0 Å². The summed E-state index contributed by atoms with van der Waals surface area (Å²) in [6.45, 7) is -0.222. The van der Waals surface area contributed by atoms with Gasteiger partial charge in [0.1, 0.15) is 0 Å². The molecule has 0 unspecified atom stereocenters. The number of likely N-dealkylation sites (tertiary alicyclic amines) is 1. The molecule has 0 radical (unpaired) electrons. The van der Waals surface area contributed by atoms with Gasteiger partial charge in [-0.05, 0) is 17.5 Å². The van der Waals surface area contributed by atoms with Crippen molar-refractivity contribution < 1.29 is 23.5 Å². The number of hydrogen-bond acceptors (Lipinski definition) is 2. The molecule has 120 valence electrons. The number of carbonyl (C=O) groups is 2. The Hall–Kier alpha value is -2.18. The van der Waals surface area contributed by atoms with Gasteiger partial charge in [0.2, 0.25) is 0 Å². The fourth-order valence-electron chi connectivity index (χ4n) is 2.27. The molecular formula is C15H18F2N2O3. The van der Waals surface area contributed by atoms with Gasteiger partial charge in [0, 0.05) is 25.9 Å². The first-order valence-corrected chi connectivity index (χ1v) is 7.06. The third kappa shape index (κ3) is 4.68. The Morgan fingerprint density at radius 3 is 2.41 bits per heavy atom. The van der Waals surface area contributed by atoms with Gasteiger partial charge in [-0.1, -0.05) is 24.3 Å². The second kappa shape index (κ2) is 6.72. The average Bonchev–Trinajstić information content (AvgIpc) is 2.84. The normalized spacial score (nSPS) is 16.5. The molecule has 1 heterocycles. The number of carboxylic acids is 1. The van der Waals surface area contributed by atoms with Crippen molar-refractivity contribution in [1.82, 2.24) is 10.2 Å². The summed E-state index contributed by atoms with van der Waals surface area (Å²) >= 11 is 0. The first-order valence-electron chi connectivity index (χ1n) is 7.06. The van der Waals surface area contributed by atoms with Crippen LogP contribution in [0.5, 0.6) is 0 Å². The summed E-state index contributed by atoms with van der Waals surface area (Å²) < 4.78 is 26.1. The van der Waals surface area contributed by atoms with E-state index in [4.69, 9.17) is 5.11 Å². The second-order valence-electron chi connectivity index (χ2n) is 5.40. The van der Waals surface area contributed by atoms with Gasteiger partial charge >= 0.3 is 12.0 Å². The highest BCUT2D eigenvalue weighted by atomic mass is 19.3. The van der Waals surface area contributed by atoms with Gasteiger partial charge in [-0.2, -0.15) is 0 Å². The van der Waals surface area contributed by atoms with Crippen molar-refractivity contribution in [3.63, 3.8) is 0 Å². The molecule has 1 saturated heterocycles. The lowest BCUT2D eigenvalue weighted by Gasteiger charge is -2.17. The van der Waals surface area contributed by atoms with Gasteiger partial charge in [-0.15, -0.1) is 0 Å². The molecule has 1 aliphatic rings. The lowest BCUT2D eigenvalue weighted by atomic mass is 10.1. The number of halogens is 2. The van der Waals surface area contributed by atoms with Gasteiger partial charge in [0.25, 0.3) is 5.92 Å². The van der Waals surface area contributed by atoms with Crippen LogP contribution in [0.3, 0.4) is 0 Å². The van der Waals surface area contributed by atoms with Gasteiger partial charge in [-0.25, -0.2) is 13.6 Å². The minimum absolute atomic E-state index is 0.0625. The third-order valence-electron chi connectivity index (χ3n) is 3.55. The van der Waals surface area contributed by atoms with E-state index in [0.29, 0.717) is 6.42 Å². The third-order valence-corrected chi connectivity index (χ3v) is 3.55. The summed E-state index contributed by atoms with van der Waals surface area (Å²) in [7, 11) is 0. The molecule has 0 saturated carbocycles. The largest absolute Gasteiger partial charge is 0.481 e. The molecule has 22 heavy (non-hydrogen) atoms. The molecule has 1 aromatic rings. The highest BCUT2D eigenvalue weighted by Gasteiger charge is 2.40. The summed E-state index contributed by atoms with van der Waals surface area (Å²) in [5.74, 6) is -3.64. The maximum absolute atomic E-state index is 13.0. The van der Waals surface area contributed by atoms with E-state index < -0.39 is 24.5 Å². The number of amides is 2. The Labute approximate surface area is 126 Å². The molecule has 0 spiro atoms. The van der Waals surface area contributed by atoms with E-state index in [0.717, 1.165) is 16.0 Å². The number of alkyl halides is 2. The number of aliphatic carboxylic acids is 1. The molecule has 0 aliphatic carbocycles. The number of rotatable bonds is 5. The summed E-state index contributed by atoms with van der Waals surface area (Å²) in [5.41, 5.74) is 1.73. The van der Waals surface area contributed by atoms with Crippen molar-refractivity contribution in [2.75, 3.05) is 13.1 Å². The molecule has 0 atom stereocenters. The Kier molecular flexibility index (Phi) is 4.95. The highest BCUT2D eigenvalue weighted by molar-refractivity contribution is 5.74. The van der Waals surface area contributed by atoms with E-state index in [9.17, 15) is 18.4 Å². The number of nitrogens with one attached hydrogen (secondary N) is 1. The number of urea groups is 1. The number of carboxylic acid groups (broad SMARTS) is 1. The number of carbonyl (C=O) groups excluding carboxylic acids is 1. The number of benzene rings is 1. The molecule has 2 amide bonds. The van der Waals surface area contributed by atoms with Crippen LogP contribution in [0.1, 0.15) is 24.0 Å². The smallest absolute Gasteiger partial charge is 0.317 e. The van der Waals surface area contributed by atoms with E-state index in [1.807, 2.05) is 0 Å². The standard InChI is InChI=1S/C15H18F2N2O3/c16-15(17)7-8-19(10-15)14(22)18-9-12-3-1-11(2-4-12)5-6-13(20)21/h1-4H,5-10H2,(H,18,22)(H,20,21). The lowest BCUT2D eigenvalue weighted by molar-refractivity contribution is -0.136. The predicted octanol–water partition coefficient (Wildman–Crippen LogP) is 2.25. The van der Waals surface area contributed by atoms with Crippen molar-refractivity contribution in [2.45, 2.75) is 31.7 Å². The van der Waals surface area contributed by atoms with Crippen LogP contribution in [0.4, 0.5) is 13.6 Å². The molecule has 0 aromatic heterocycles. The van der Waals surface area contributed by atoms with Crippen LogP contribution >= 0.6 is 0 Å². The monoisotopic (exact) mass is 312 g/mol. The Morgan fingerprint density at radius 2 is 1.86 bits per heavy atom. The molecular weight excluding hydrogens is 294 g/mol. The van der Waals surface area contributed by atoms with Crippen molar-refractivity contribution in [3.8, 4) is 0 Å². The highest BCUT2D eigenvalue weighted by Crippen LogP contribution is 2.26. The molecule has 7 heteroatoms. The molecule has 2 N–H and O–H groups in total. The van der Waals surface area contributed by atoms with Crippen molar-refractivity contribution in [1.29, 1.82) is 0 Å². The summed E-state index contributed by atoms with van der Waals surface area (Å²) in [6, 6.07) is 6.68. The number of nitrogens with zero attached hydrogens (tertiary/aromatic N) is 1. The molecule has 1 fully saturated rings. The Bertz CT molecular complexity index is 546. The van der Waals surface area contributed by atoms with Crippen LogP contribution in [0, 0.1) is 0 Å². The summed E-state index contributed by atoms with van der Waals surface area (Å²) in [4.78, 5) is 23.4. The fourth-order valence-corrected chi connectivity index (χ4v) is 2.27. The van der Waals surface area contributed by atoms with Gasteiger partial charge < -0.3 is 15.3 Å². The van der Waals surface area contributed by atoms with Crippen molar-refractivity contribution >= 4 is 12.0 Å². The van der Waals surface area contributed by atoms with E-state index >= 15 is 0 Å². The predicted molar refractivity (Wildman–Crippen MR) is 75.8 cm³/mol. The number of aryl methyl sites for hydroxylation is 1. The van der Waals surface area contributed by atoms with Gasteiger partial charge in [-0.3, -0.25) is 4.79 Å². The minimum atomic E-state index is -2.79. The van der Waals surface area contributed by atoms with E-state index in [2.05, 4.69) is 5.32 Å². The topological polar surface area (TPSA) is 69.6 Å². The summed E-state index contributed by atoms with van der Waals surface area (Å²) in [6.07, 6.45) is 0.225. The van der Waals surface area contributed by atoms with Crippen LogP contribution in [0.2, 0.25) is 0 Å². The second-order valence-corrected chi connectivity index (χ2v) is 5.40. The number of hydrogen-bond donors (Lipinski definition) is 2. The zero-order chi connectivity index (χ0) is 16.2. The zero-order valence-corrected chi connectivity index (χ0v) is 12.0. The van der Waals surface area contributed by atoms with Crippen LogP contribution < -0.4 is 5.32 Å².